The Hall–Kier alpha value is -2.44. The molecular weight excluding hydrogens is 338 g/mol. The fourth-order valence-electron chi connectivity index (χ4n) is 3.51. The summed E-state index contributed by atoms with van der Waals surface area (Å²) in [5, 5.41) is 9.46. The number of carboxylic acid groups (broad SMARTS) is 1. The lowest BCUT2D eigenvalue weighted by molar-refractivity contribution is -0.152. The molecule has 0 bridgehead atoms. The highest BCUT2D eigenvalue weighted by Gasteiger charge is 2.36. The predicted octanol–water partition coefficient (Wildman–Crippen LogP) is 2.67. The Labute approximate surface area is 153 Å². The molecule has 1 aromatic rings. The van der Waals surface area contributed by atoms with E-state index in [2.05, 4.69) is 0 Å². The van der Waals surface area contributed by atoms with Gasteiger partial charge in [0, 0.05) is 6.54 Å². The van der Waals surface area contributed by atoms with Crippen LogP contribution in [0.1, 0.15) is 44.1 Å². The smallest absolute Gasteiger partial charge is 0.326 e. The molecule has 0 aromatic heterocycles. The zero-order chi connectivity index (χ0) is 19.3. The number of carbonyl (C=O) groups is 2. The molecule has 0 saturated carbocycles. The molecular formula is C19H27NO6. The van der Waals surface area contributed by atoms with E-state index in [1.807, 2.05) is 6.92 Å². The lowest BCUT2D eigenvalue weighted by Crippen LogP contribution is -2.49. The van der Waals surface area contributed by atoms with Crippen molar-refractivity contribution in [2.75, 3.05) is 27.9 Å². The third-order valence-electron chi connectivity index (χ3n) is 4.87. The number of likely N-dealkylation sites (tertiary alicyclic amines) is 1. The number of hydrogen-bond donors (Lipinski definition) is 1. The number of amides is 1. The third kappa shape index (κ3) is 3.86. The van der Waals surface area contributed by atoms with Crippen LogP contribution in [-0.2, 0) is 9.59 Å². The lowest BCUT2D eigenvalue weighted by Gasteiger charge is -2.35. The number of carbonyl (C=O) groups excluding carboxylic acids is 1. The summed E-state index contributed by atoms with van der Waals surface area (Å²) < 4.78 is 16.1. The van der Waals surface area contributed by atoms with Crippen LogP contribution in [0.25, 0.3) is 0 Å². The number of rotatable bonds is 7. The molecule has 26 heavy (non-hydrogen) atoms. The van der Waals surface area contributed by atoms with Crippen molar-refractivity contribution in [3.63, 3.8) is 0 Å². The van der Waals surface area contributed by atoms with Gasteiger partial charge in [0.15, 0.2) is 11.5 Å². The molecule has 144 valence electrons. The molecule has 7 heteroatoms. The third-order valence-corrected chi connectivity index (χ3v) is 4.87. The van der Waals surface area contributed by atoms with Crippen molar-refractivity contribution in [2.24, 2.45) is 0 Å². The van der Waals surface area contributed by atoms with Crippen molar-refractivity contribution >= 4 is 11.9 Å². The molecule has 1 aliphatic heterocycles. The lowest BCUT2D eigenvalue weighted by atomic mass is 9.91. The van der Waals surface area contributed by atoms with Crippen LogP contribution >= 0.6 is 0 Å². The van der Waals surface area contributed by atoms with Crippen LogP contribution in [0.4, 0.5) is 0 Å². The number of carboxylic acids is 1. The highest BCUT2D eigenvalue weighted by molar-refractivity contribution is 5.88. The number of hydrogen-bond acceptors (Lipinski definition) is 5. The summed E-state index contributed by atoms with van der Waals surface area (Å²) in [7, 11) is 4.57. The van der Waals surface area contributed by atoms with E-state index in [0.29, 0.717) is 36.6 Å². The molecule has 1 saturated heterocycles. The molecule has 0 aliphatic carbocycles. The Kier molecular flexibility index (Phi) is 6.71. The second kappa shape index (κ2) is 8.78. The van der Waals surface area contributed by atoms with Crippen molar-refractivity contribution in [2.45, 2.75) is 44.6 Å². The van der Waals surface area contributed by atoms with Gasteiger partial charge < -0.3 is 24.2 Å². The molecule has 1 fully saturated rings. The summed E-state index contributed by atoms with van der Waals surface area (Å²) in [6.45, 7) is 2.38. The van der Waals surface area contributed by atoms with Gasteiger partial charge in [-0.25, -0.2) is 4.79 Å². The van der Waals surface area contributed by atoms with Crippen LogP contribution in [0.15, 0.2) is 12.1 Å². The zero-order valence-corrected chi connectivity index (χ0v) is 15.8. The Morgan fingerprint density at radius 2 is 1.77 bits per heavy atom. The average molecular weight is 365 g/mol. The van der Waals surface area contributed by atoms with E-state index in [0.717, 1.165) is 18.4 Å². The van der Waals surface area contributed by atoms with Gasteiger partial charge in [0.25, 0.3) is 0 Å². The van der Waals surface area contributed by atoms with Gasteiger partial charge in [-0.3, -0.25) is 4.79 Å². The quantitative estimate of drug-likeness (QED) is 0.800. The summed E-state index contributed by atoms with van der Waals surface area (Å²) in [6.07, 6.45) is 2.68. The molecule has 2 unspecified atom stereocenters. The summed E-state index contributed by atoms with van der Waals surface area (Å²) in [5.74, 6) is -0.180. The highest BCUT2D eigenvalue weighted by atomic mass is 16.5. The Balaban J connectivity index is 2.40. The normalized spacial score (nSPS) is 18.2. The number of methoxy groups -OCH3 is 3. The first-order valence-electron chi connectivity index (χ1n) is 8.81. The molecule has 1 aromatic carbocycles. The van der Waals surface area contributed by atoms with Gasteiger partial charge in [-0.2, -0.15) is 0 Å². The predicted molar refractivity (Wildman–Crippen MR) is 96.1 cm³/mol. The summed E-state index contributed by atoms with van der Waals surface area (Å²) in [5.41, 5.74) is 0.724. The van der Waals surface area contributed by atoms with Crippen molar-refractivity contribution in [3.8, 4) is 17.2 Å². The second-order valence-corrected chi connectivity index (χ2v) is 6.30. The second-order valence-electron chi connectivity index (χ2n) is 6.30. The van der Waals surface area contributed by atoms with Crippen molar-refractivity contribution < 1.29 is 28.9 Å². The van der Waals surface area contributed by atoms with E-state index in [1.165, 1.54) is 26.2 Å². The first-order valence-corrected chi connectivity index (χ1v) is 8.81. The molecule has 1 N–H and O–H groups in total. The van der Waals surface area contributed by atoms with Crippen LogP contribution < -0.4 is 14.2 Å². The zero-order valence-electron chi connectivity index (χ0n) is 15.8. The first-order chi connectivity index (χ1) is 12.5. The summed E-state index contributed by atoms with van der Waals surface area (Å²) in [4.78, 5) is 26.2. The maximum Gasteiger partial charge on any atom is 0.326 e. The van der Waals surface area contributed by atoms with E-state index in [4.69, 9.17) is 14.2 Å². The first kappa shape index (κ1) is 19.9. The maximum atomic E-state index is 13.1. The molecule has 1 aliphatic rings. The van der Waals surface area contributed by atoms with Gasteiger partial charge in [-0.15, -0.1) is 0 Å². The van der Waals surface area contributed by atoms with Gasteiger partial charge in [0.2, 0.25) is 11.7 Å². The Morgan fingerprint density at radius 3 is 2.23 bits per heavy atom. The molecule has 0 spiro atoms. The molecule has 1 heterocycles. The van der Waals surface area contributed by atoms with E-state index < -0.39 is 17.9 Å². The monoisotopic (exact) mass is 365 g/mol. The number of aliphatic carboxylic acids is 1. The van der Waals surface area contributed by atoms with Crippen molar-refractivity contribution in [3.05, 3.63) is 17.7 Å². The fourth-order valence-corrected chi connectivity index (χ4v) is 3.51. The minimum Gasteiger partial charge on any atom is -0.493 e. The van der Waals surface area contributed by atoms with Crippen LogP contribution in [0.5, 0.6) is 17.2 Å². The van der Waals surface area contributed by atoms with Crippen LogP contribution in [0.2, 0.25) is 0 Å². The standard InChI is InChI=1S/C19H27NO6/c1-5-13(18(21)20-9-7-6-8-14(20)19(22)23)12-10-15(24-2)17(26-4)16(11-12)25-3/h10-11,13-14H,5-9H2,1-4H3,(H,22,23). The van der Waals surface area contributed by atoms with Crippen molar-refractivity contribution in [1.82, 2.24) is 4.90 Å². The van der Waals surface area contributed by atoms with E-state index in [9.17, 15) is 14.7 Å². The summed E-state index contributed by atoms with van der Waals surface area (Å²) >= 11 is 0. The largest absolute Gasteiger partial charge is 0.493 e. The van der Waals surface area contributed by atoms with Crippen LogP contribution in [-0.4, -0.2) is 55.8 Å². The number of piperidine rings is 1. The van der Waals surface area contributed by atoms with E-state index >= 15 is 0 Å². The molecule has 1 amide bonds. The molecule has 0 radical (unpaired) electrons. The van der Waals surface area contributed by atoms with Crippen molar-refractivity contribution in [1.29, 1.82) is 0 Å². The minimum absolute atomic E-state index is 0.172. The van der Waals surface area contributed by atoms with Gasteiger partial charge >= 0.3 is 5.97 Å². The van der Waals surface area contributed by atoms with Crippen LogP contribution in [0, 0.1) is 0 Å². The Bertz CT molecular complexity index is 634. The topological polar surface area (TPSA) is 85.3 Å². The molecule has 2 atom stereocenters. The number of nitrogens with zero attached hydrogens (tertiary/aromatic N) is 1. The molecule has 2 rings (SSSR count). The van der Waals surface area contributed by atoms with Gasteiger partial charge in [-0.1, -0.05) is 6.92 Å². The highest BCUT2D eigenvalue weighted by Crippen LogP contribution is 2.41. The average Bonchev–Trinajstić information content (AvgIpc) is 2.67. The van der Waals surface area contributed by atoms with Gasteiger partial charge in [-0.05, 0) is 43.4 Å². The molecule has 7 nitrogen and oxygen atoms in total. The van der Waals surface area contributed by atoms with Gasteiger partial charge in [0.05, 0.1) is 27.2 Å². The summed E-state index contributed by atoms with van der Waals surface area (Å²) in [6, 6.07) is 2.76. The SMILES string of the molecule is CCC(C(=O)N1CCCCC1C(=O)O)c1cc(OC)c(OC)c(OC)c1. The van der Waals surface area contributed by atoms with Gasteiger partial charge in [0.1, 0.15) is 6.04 Å². The van der Waals surface area contributed by atoms with E-state index in [-0.39, 0.29) is 5.91 Å². The van der Waals surface area contributed by atoms with Crippen LogP contribution in [0.3, 0.4) is 0 Å². The minimum atomic E-state index is -0.946. The maximum absolute atomic E-state index is 13.1. The Morgan fingerprint density at radius 1 is 1.15 bits per heavy atom. The number of ether oxygens (including phenoxy) is 3. The number of benzene rings is 1. The fraction of sp³-hybridized carbons (Fsp3) is 0.579. The van der Waals surface area contributed by atoms with E-state index in [1.54, 1.807) is 12.1 Å².